The van der Waals surface area contributed by atoms with Crippen molar-refractivity contribution in [2.45, 2.75) is 25.1 Å². The zero-order valence-electron chi connectivity index (χ0n) is 19.2. The molecule has 184 valence electrons. The number of ether oxygens (including phenoxy) is 2. The van der Waals surface area contributed by atoms with Crippen LogP contribution in [0, 0.1) is 0 Å². The number of benzene rings is 2. The number of pyridine rings is 1. The molecule has 4 rings (SSSR count). The molecular weight excluding hydrogens is 459 g/mol. The van der Waals surface area contributed by atoms with E-state index < -0.39 is 11.7 Å². The lowest BCUT2D eigenvalue weighted by Gasteiger charge is -2.28. The number of aromatic nitrogens is 1. The molecule has 2 heterocycles. The molecule has 9 heteroatoms. The van der Waals surface area contributed by atoms with E-state index in [-0.39, 0.29) is 17.8 Å². The Morgan fingerprint density at radius 1 is 1.00 bits per heavy atom. The van der Waals surface area contributed by atoms with Gasteiger partial charge in [0.05, 0.1) is 18.7 Å². The summed E-state index contributed by atoms with van der Waals surface area (Å²) in [5, 5.41) is 3.02. The Labute approximate surface area is 201 Å². The third-order valence-corrected chi connectivity index (χ3v) is 5.94. The highest BCUT2D eigenvalue weighted by atomic mass is 19.4. The highest BCUT2D eigenvalue weighted by molar-refractivity contribution is 5.94. The lowest BCUT2D eigenvalue weighted by Crippen LogP contribution is -2.36. The molecule has 0 bridgehead atoms. The molecule has 3 aromatic rings. The van der Waals surface area contributed by atoms with Gasteiger partial charge in [-0.1, -0.05) is 12.1 Å². The van der Waals surface area contributed by atoms with Gasteiger partial charge in [0.2, 0.25) is 5.88 Å². The first-order valence-electron chi connectivity index (χ1n) is 11.3. The molecule has 2 aromatic carbocycles. The number of nitrogens with zero attached hydrogens (tertiary/aromatic N) is 2. The molecule has 1 N–H and O–H groups in total. The summed E-state index contributed by atoms with van der Waals surface area (Å²) >= 11 is 0. The number of hydrogen-bond donors (Lipinski definition) is 1. The van der Waals surface area contributed by atoms with E-state index >= 15 is 0 Å². The molecule has 1 amide bonds. The maximum Gasteiger partial charge on any atom is 0.417 e. The van der Waals surface area contributed by atoms with E-state index in [1.807, 2.05) is 24.3 Å². The summed E-state index contributed by atoms with van der Waals surface area (Å²) in [6.07, 6.45) is -1.47. The van der Waals surface area contributed by atoms with Crippen LogP contribution in [0.5, 0.6) is 17.4 Å². The second kappa shape index (κ2) is 10.8. The molecule has 1 aliphatic rings. The van der Waals surface area contributed by atoms with Crippen LogP contribution in [0.25, 0.3) is 0 Å². The first kappa shape index (κ1) is 24.5. The minimum absolute atomic E-state index is 0.0307. The van der Waals surface area contributed by atoms with Crippen molar-refractivity contribution in [1.82, 2.24) is 15.2 Å². The van der Waals surface area contributed by atoms with E-state index in [4.69, 9.17) is 9.47 Å². The summed E-state index contributed by atoms with van der Waals surface area (Å²) in [5.74, 6) is 0.957. The number of likely N-dealkylation sites (tertiary alicyclic amines) is 1. The topological polar surface area (TPSA) is 63.7 Å². The van der Waals surface area contributed by atoms with E-state index in [2.05, 4.69) is 15.2 Å². The summed E-state index contributed by atoms with van der Waals surface area (Å²) in [5.41, 5.74) is 0.715. The van der Waals surface area contributed by atoms with Crippen LogP contribution in [0.1, 0.15) is 40.4 Å². The third-order valence-electron chi connectivity index (χ3n) is 5.94. The SMILES string of the molecule is COc1ccc(C(CNC(=O)c2ccc(Oc3ccc(C(F)(F)F)cn3)cc2)N2CCCC2)cc1. The van der Waals surface area contributed by atoms with Crippen molar-refractivity contribution in [2.24, 2.45) is 0 Å². The number of alkyl halides is 3. The molecular formula is C26H26F3N3O3. The number of rotatable bonds is 8. The fraction of sp³-hybridized carbons (Fsp3) is 0.308. The number of carbonyl (C=O) groups is 1. The number of methoxy groups -OCH3 is 1. The zero-order valence-corrected chi connectivity index (χ0v) is 19.2. The van der Waals surface area contributed by atoms with Crippen molar-refractivity contribution in [3.63, 3.8) is 0 Å². The van der Waals surface area contributed by atoms with E-state index in [9.17, 15) is 18.0 Å². The molecule has 0 spiro atoms. The first-order valence-corrected chi connectivity index (χ1v) is 11.3. The van der Waals surface area contributed by atoms with Crippen molar-refractivity contribution in [1.29, 1.82) is 0 Å². The maximum absolute atomic E-state index is 12.8. The number of carbonyl (C=O) groups excluding carboxylic acids is 1. The molecule has 1 saturated heterocycles. The Morgan fingerprint density at radius 3 is 2.23 bits per heavy atom. The number of nitrogens with one attached hydrogen (secondary N) is 1. The van der Waals surface area contributed by atoms with E-state index in [0.29, 0.717) is 17.9 Å². The largest absolute Gasteiger partial charge is 0.497 e. The predicted octanol–water partition coefficient (Wildman–Crippen LogP) is 5.47. The van der Waals surface area contributed by atoms with Gasteiger partial charge in [0.15, 0.2) is 0 Å². The fourth-order valence-electron chi connectivity index (χ4n) is 4.03. The van der Waals surface area contributed by atoms with Crippen LogP contribution in [0.2, 0.25) is 0 Å². The predicted molar refractivity (Wildman–Crippen MR) is 125 cm³/mol. The van der Waals surface area contributed by atoms with Gasteiger partial charge in [-0.05, 0) is 74.0 Å². The lowest BCUT2D eigenvalue weighted by atomic mass is 10.0. The summed E-state index contributed by atoms with van der Waals surface area (Å²) in [6, 6.07) is 16.4. The van der Waals surface area contributed by atoms with Crippen LogP contribution in [-0.4, -0.2) is 42.5 Å². The summed E-state index contributed by atoms with van der Waals surface area (Å²) in [7, 11) is 1.63. The Morgan fingerprint density at radius 2 is 1.66 bits per heavy atom. The van der Waals surface area contributed by atoms with Crippen LogP contribution in [0.15, 0.2) is 66.9 Å². The number of halogens is 3. The Bertz CT molecular complexity index is 1110. The van der Waals surface area contributed by atoms with Crippen LogP contribution in [0.4, 0.5) is 13.2 Å². The number of hydrogen-bond acceptors (Lipinski definition) is 5. The van der Waals surface area contributed by atoms with Crippen LogP contribution < -0.4 is 14.8 Å². The van der Waals surface area contributed by atoms with Gasteiger partial charge in [0, 0.05) is 24.4 Å². The monoisotopic (exact) mass is 485 g/mol. The molecule has 35 heavy (non-hydrogen) atoms. The van der Waals surface area contributed by atoms with Crippen molar-refractivity contribution in [2.75, 3.05) is 26.7 Å². The second-order valence-electron chi connectivity index (χ2n) is 8.25. The molecule has 1 aromatic heterocycles. The molecule has 0 aliphatic carbocycles. The van der Waals surface area contributed by atoms with Gasteiger partial charge < -0.3 is 14.8 Å². The van der Waals surface area contributed by atoms with Crippen LogP contribution in [-0.2, 0) is 6.18 Å². The van der Waals surface area contributed by atoms with Gasteiger partial charge in [0.25, 0.3) is 5.91 Å². The molecule has 1 atom stereocenters. The summed E-state index contributed by atoms with van der Waals surface area (Å²) in [4.78, 5) is 18.8. The fourth-order valence-corrected chi connectivity index (χ4v) is 4.03. The van der Waals surface area contributed by atoms with Gasteiger partial charge in [-0.15, -0.1) is 0 Å². The molecule has 0 saturated carbocycles. The van der Waals surface area contributed by atoms with Gasteiger partial charge in [0.1, 0.15) is 11.5 Å². The van der Waals surface area contributed by atoms with Crippen molar-refractivity contribution in [3.8, 4) is 17.4 Å². The summed E-state index contributed by atoms with van der Waals surface area (Å²) < 4.78 is 48.8. The van der Waals surface area contributed by atoms with Gasteiger partial charge in [-0.2, -0.15) is 13.2 Å². The Kier molecular flexibility index (Phi) is 7.55. The zero-order chi connectivity index (χ0) is 24.8. The minimum Gasteiger partial charge on any atom is -0.497 e. The average Bonchev–Trinajstić information content (AvgIpc) is 3.39. The molecule has 0 radical (unpaired) electrons. The third kappa shape index (κ3) is 6.30. The quantitative estimate of drug-likeness (QED) is 0.459. The molecule has 6 nitrogen and oxygen atoms in total. The second-order valence-corrected chi connectivity index (χ2v) is 8.25. The van der Waals surface area contributed by atoms with Gasteiger partial charge >= 0.3 is 6.18 Å². The minimum atomic E-state index is -4.46. The smallest absolute Gasteiger partial charge is 0.417 e. The van der Waals surface area contributed by atoms with Crippen molar-refractivity contribution >= 4 is 5.91 Å². The molecule has 1 aliphatic heterocycles. The Balaban J connectivity index is 1.37. The van der Waals surface area contributed by atoms with Crippen LogP contribution >= 0.6 is 0 Å². The van der Waals surface area contributed by atoms with Gasteiger partial charge in [-0.3, -0.25) is 9.69 Å². The maximum atomic E-state index is 12.8. The van der Waals surface area contributed by atoms with Crippen molar-refractivity contribution in [3.05, 3.63) is 83.6 Å². The van der Waals surface area contributed by atoms with E-state index in [0.717, 1.165) is 55.6 Å². The Hall–Kier alpha value is -3.59. The highest BCUT2D eigenvalue weighted by Gasteiger charge is 2.30. The van der Waals surface area contributed by atoms with Crippen molar-refractivity contribution < 1.29 is 27.4 Å². The average molecular weight is 486 g/mol. The van der Waals surface area contributed by atoms with Gasteiger partial charge in [-0.25, -0.2) is 4.98 Å². The number of amides is 1. The van der Waals surface area contributed by atoms with Crippen LogP contribution in [0.3, 0.4) is 0 Å². The molecule has 1 unspecified atom stereocenters. The summed E-state index contributed by atoms with van der Waals surface area (Å²) in [6.45, 7) is 2.42. The van der Waals surface area contributed by atoms with E-state index in [1.54, 1.807) is 31.4 Å². The normalized spacial score (nSPS) is 15.0. The first-order chi connectivity index (χ1) is 16.8. The standard InChI is InChI=1S/C26H26F3N3O3/c1-34-21-9-4-18(5-10-21)23(32-14-2-3-15-32)17-31-25(33)19-6-11-22(12-7-19)35-24-13-8-20(16-30-24)26(27,28)29/h4-13,16,23H,2-3,14-15,17H2,1H3,(H,31,33). The van der Waals surface area contributed by atoms with E-state index in [1.165, 1.54) is 0 Å². The molecule has 1 fully saturated rings. The lowest BCUT2D eigenvalue weighted by molar-refractivity contribution is -0.137. The highest BCUT2D eigenvalue weighted by Crippen LogP contribution is 2.30.